The number of hydrogen-bond donors (Lipinski definition) is 0. The Bertz CT molecular complexity index is 1360. The van der Waals surface area contributed by atoms with Gasteiger partial charge in [-0.25, -0.2) is 4.79 Å². The Kier molecular flexibility index (Phi) is 6.56. The normalized spacial score (nSPS) is 17.5. The van der Waals surface area contributed by atoms with Crippen LogP contribution < -0.4 is 9.64 Å². The molecule has 1 aliphatic rings. The van der Waals surface area contributed by atoms with Gasteiger partial charge in [0.05, 0.1) is 6.10 Å². The van der Waals surface area contributed by atoms with E-state index in [-0.39, 0.29) is 12.6 Å². The minimum Gasteiger partial charge on any atom is -0.491 e. The summed E-state index contributed by atoms with van der Waals surface area (Å²) in [6.07, 6.45) is 0.669. The number of anilines is 1. The van der Waals surface area contributed by atoms with Crippen LogP contribution in [0.4, 0.5) is 10.5 Å². The lowest BCUT2D eigenvalue weighted by atomic mass is 9.99. The third-order valence-corrected chi connectivity index (χ3v) is 5.97. The zero-order chi connectivity index (χ0) is 25.2. The number of carbonyl (C=O) groups excluding carboxylic acids is 1. The molecule has 0 saturated carbocycles. The SMILES string of the molecule is Cc1ccc(-c2nnn(C[C@@H]3OC(=O)N(c4ccc(Cl)cc4)[C@H]3c3cccc(OC(C)C)c3)n2)cn1. The second kappa shape index (κ2) is 9.94. The second-order valence-electron chi connectivity index (χ2n) is 8.81. The lowest BCUT2D eigenvalue weighted by molar-refractivity contribution is 0.114. The van der Waals surface area contributed by atoms with Crippen LogP contribution in [0.3, 0.4) is 0 Å². The predicted octanol–water partition coefficient (Wildman–Crippen LogP) is 5.25. The highest BCUT2D eigenvalue weighted by Crippen LogP contribution is 2.39. The van der Waals surface area contributed by atoms with Gasteiger partial charge in [-0.1, -0.05) is 23.7 Å². The van der Waals surface area contributed by atoms with Crippen molar-refractivity contribution in [1.29, 1.82) is 0 Å². The van der Waals surface area contributed by atoms with E-state index in [2.05, 4.69) is 20.4 Å². The summed E-state index contributed by atoms with van der Waals surface area (Å²) in [5, 5.41) is 13.4. The highest BCUT2D eigenvalue weighted by molar-refractivity contribution is 6.30. The van der Waals surface area contributed by atoms with Gasteiger partial charge in [-0.15, -0.1) is 10.2 Å². The van der Waals surface area contributed by atoms with Crippen molar-refractivity contribution >= 4 is 23.4 Å². The molecule has 0 spiro atoms. The van der Waals surface area contributed by atoms with Crippen molar-refractivity contribution < 1.29 is 14.3 Å². The van der Waals surface area contributed by atoms with Crippen molar-refractivity contribution in [1.82, 2.24) is 25.2 Å². The number of rotatable bonds is 7. The maximum atomic E-state index is 13.1. The van der Waals surface area contributed by atoms with Crippen LogP contribution in [0, 0.1) is 6.92 Å². The Hall–Kier alpha value is -3.98. The molecule has 2 atom stereocenters. The molecule has 2 aromatic carbocycles. The number of ether oxygens (including phenoxy) is 2. The van der Waals surface area contributed by atoms with Gasteiger partial charge in [0, 0.05) is 28.2 Å². The fraction of sp³-hybridized carbons (Fsp3) is 0.269. The summed E-state index contributed by atoms with van der Waals surface area (Å²) >= 11 is 6.09. The van der Waals surface area contributed by atoms with Crippen LogP contribution in [0.2, 0.25) is 5.02 Å². The van der Waals surface area contributed by atoms with Crippen LogP contribution in [-0.2, 0) is 11.3 Å². The zero-order valence-corrected chi connectivity index (χ0v) is 20.8. The van der Waals surface area contributed by atoms with E-state index in [1.807, 2.05) is 57.2 Å². The molecule has 1 aliphatic heterocycles. The number of hydrogen-bond acceptors (Lipinski definition) is 7. The third-order valence-electron chi connectivity index (χ3n) is 5.72. The molecule has 0 unspecified atom stereocenters. The van der Waals surface area contributed by atoms with Gasteiger partial charge < -0.3 is 9.47 Å². The fourth-order valence-corrected chi connectivity index (χ4v) is 4.27. The molecule has 0 radical (unpaired) electrons. The summed E-state index contributed by atoms with van der Waals surface area (Å²) in [7, 11) is 0. The molecule has 3 heterocycles. The van der Waals surface area contributed by atoms with E-state index in [9.17, 15) is 4.79 Å². The molecule has 1 saturated heterocycles. The Morgan fingerprint density at radius 1 is 1.11 bits per heavy atom. The van der Waals surface area contributed by atoms with E-state index in [1.54, 1.807) is 35.4 Å². The number of nitrogens with zero attached hydrogens (tertiary/aromatic N) is 6. The summed E-state index contributed by atoms with van der Waals surface area (Å²) in [6, 6.07) is 18.1. The van der Waals surface area contributed by atoms with Gasteiger partial charge in [-0.05, 0) is 80.1 Å². The Labute approximate surface area is 213 Å². The monoisotopic (exact) mass is 504 g/mol. The molecule has 2 aromatic heterocycles. The summed E-state index contributed by atoms with van der Waals surface area (Å²) in [5.41, 5.74) is 3.19. The molecule has 4 aromatic rings. The summed E-state index contributed by atoms with van der Waals surface area (Å²) in [5.74, 6) is 1.16. The molecule has 36 heavy (non-hydrogen) atoms. The van der Waals surface area contributed by atoms with Crippen LogP contribution in [0.1, 0.15) is 31.1 Å². The average Bonchev–Trinajstić information content (AvgIpc) is 3.44. The van der Waals surface area contributed by atoms with Gasteiger partial charge in [0.15, 0.2) is 0 Å². The van der Waals surface area contributed by atoms with Crippen molar-refractivity contribution in [2.45, 2.75) is 45.6 Å². The number of tetrazole rings is 1. The number of carbonyl (C=O) groups is 1. The molecule has 1 amide bonds. The fourth-order valence-electron chi connectivity index (χ4n) is 4.14. The van der Waals surface area contributed by atoms with Gasteiger partial charge in [-0.2, -0.15) is 4.80 Å². The summed E-state index contributed by atoms with van der Waals surface area (Å²) in [6.45, 7) is 6.06. The van der Waals surface area contributed by atoms with Gasteiger partial charge in [-0.3, -0.25) is 9.88 Å². The van der Waals surface area contributed by atoms with Crippen LogP contribution in [0.15, 0.2) is 66.9 Å². The first-order chi connectivity index (χ1) is 17.4. The predicted molar refractivity (Wildman–Crippen MR) is 135 cm³/mol. The van der Waals surface area contributed by atoms with E-state index in [0.29, 0.717) is 22.3 Å². The largest absolute Gasteiger partial charge is 0.491 e. The Morgan fingerprint density at radius 3 is 2.64 bits per heavy atom. The molecule has 184 valence electrons. The highest BCUT2D eigenvalue weighted by atomic mass is 35.5. The van der Waals surface area contributed by atoms with Crippen LogP contribution in [0.25, 0.3) is 11.4 Å². The van der Waals surface area contributed by atoms with Crippen LogP contribution in [0.5, 0.6) is 5.75 Å². The van der Waals surface area contributed by atoms with E-state index < -0.39 is 18.2 Å². The van der Waals surface area contributed by atoms with Gasteiger partial charge in [0.2, 0.25) is 5.82 Å². The van der Waals surface area contributed by atoms with Crippen LogP contribution >= 0.6 is 11.6 Å². The highest BCUT2D eigenvalue weighted by Gasteiger charge is 2.44. The van der Waals surface area contributed by atoms with Gasteiger partial charge >= 0.3 is 6.09 Å². The first kappa shape index (κ1) is 23.7. The number of amides is 1. The molecule has 10 heteroatoms. The first-order valence-corrected chi connectivity index (χ1v) is 12.0. The maximum Gasteiger partial charge on any atom is 0.415 e. The van der Waals surface area contributed by atoms with E-state index in [1.165, 1.54) is 4.80 Å². The van der Waals surface area contributed by atoms with Gasteiger partial charge in [0.1, 0.15) is 24.4 Å². The number of pyridine rings is 1. The molecule has 0 aliphatic carbocycles. The Morgan fingerprint density at radius 2 is 1.92 bits per heavy atom. The summed E-state index contributed by atoms with van der Waals surface area (Å²) in [4.78, 5) is 20.5. The summed E-state index contributed by atoms with van der Waals surface area (Å²) < 4.78 is 11.8. The molecule has 0 bridgehead atoms. The minimum absolute atomic E-state index is 0.0129. The standard InChI is InChI=1S/C26H25ClN6O3/c1-16(2)35-22-6-4-5-18(13-22)24-23(36-26(34)33(24)21-11-9-20(27)10-12-21)15-32-30-25(29-31-32)19-8-7-17(3)28-14-19/h4-14,16,23-24H,15H2,1-3H3/t23-,24-/m0/s1. The van der Waals surface area contributed by atoms with Gasteiger partial charge in [0.25, 0.3) is 0 Å². The molecule has 1 fully saturated rings. The quantitative estimate of drug-likeness (QED) is 0.339. The second-order valence-corrected chi connectivity index (χ2v) is 9.25. The molecule has 5 rings (SSSR count). The topological polar surface area (TPSA) is 95.3 Å². The minimum atomic E-state index is -0.583. The van der Waals surface area contributed by atoms with E-state index >= 15 is 0 Å². The Balaban J connectivity index is 1.48. The van der Waals surface area contributed by atoms with Crippen molar-refractivity contribution in [3.63, 3.8) is 0 Å². The molecular weight excluding hydrogens is 480 g/mol. The third kappa shape index (κ3) is 5.01. The number of aromatic nitrogens is 5. The zero-order valence-electron chi connectivity index (χ0n) is 20.1. The molecule has 9 nitrogen and oxygen atoms in total. The number of cyclic esters (lactones) is 1. The number of aryl methyl sites for hydroxylation is 1. The van der Waals surface area contributed by atoms with Crippen molar-refractivity contribution in [3.05, 3.63) is 83.1 Å². The van der Waals surface area contributed by atoms with E-state index in [4.69, 9.17) is 21.1 Å². The average molecular weight is 505 g/mol. The molecular formula is C26H25ClN6O3. The first-order valence-electron chi connectivity index (χ1n) is 11.6. The van der Waals surface area contributed by atoms with Crippen molar-refractivity contribution in [3.8, 4) is 17.1 Å². The van der Waals surface area contributed by atoms with Crippen molar-refractivity contribution in [2.75, 3.05) is 4.90 Å². The molecule has 0 N–H and O–H groups in total. The van der Waals surface area contributed by atoms with Crippen molar-refractivity contribution in [2.24, 2.45) is 0 Å². The lowest BCUT2D eigenvalue weighted by Crippen LogP contribution is -2.31. The lowest BCUT2D eigenvalue weighted by Gasteiger charge is -2.25. The van der Waals surface area contributed by atoms with E-state index in [0.717, 1.165) is 16.8 Å². The smallest absolute Gasteiger partial charge is 0.415 e. The van der Waals surface area contributed by atoms with Crippen LogP contribution in [-0.4, -0.2) is 43.5 Å². The number of halogens is 1. The number of benzene rings is 2. The maximum absolute atomic E-state index is 13.1.